The van der Waals surface area contributed by atoms with E-state index in [0.29, 0.717) is 18.3 Å². The van der Waals surface area contributed by atoms with Crippen LogP contribution in [0.2, 0.25) is 0 Å². The smallest absolute Gasteiger partial charge is 0.248 e. The Labute approximate surface area is 170 Å². The van der Waals surface area contributed by atoms with Gasteiger partial charge in [0, 0.05) is 17.7 Å². The van der Waals surface area contributed by atoms with Gasteiger partial charge in [-0.25, -0.2) is 0 Å². The molecule has 0 radical (unpaired) electrons. The number of benzene rings is 3. The molecule has 5 nitrogen and oxygen atoms in total. The molecule has 0 aliphatic heterocycles. The van der Waals surface area contributed by atoms with Gasteiger partial charge in [-0.2, -0.15) is 0 Å². The van der Waals surface area contributed by atoms with Crippen molar-refractivity contribution in [3.63, 3.8) is 0 Å². The fraction of sp³-hybridized carbons (Fsp3) is 0.167. The van der Waals surface area contributed by atoms with E-state index >= 15 is 0 Å². The lowest BCUT2D eigenvalue weighted by atomic mass is 9.96. The second-order valence-corrected chi connectivity index (χ2v) is 7.01. The minimum absolute atomic E-state index is 0.486. The van der Waals surface area contributed by atoms with Gasteiger partial charge in [0.2, 0.25) is 11.8 Å². The minimum Gasteiger partial charge on any atom is -0.416 e. The fourth-order valence-corrected chi connectivity index (χ4v) is 3.28. The molecule has 0 bridgehead atoms. The van der Waals surface area contributed by atoms with Crippen LogP contribution in [0.25, 0.3) is 34.0 Å². The van der Waals surface area contributed by atoms with Gasteiger partial charge in [0.15, 0.2) is 0 Å². The average molecular weight is 385 g/mol. The maximum atomic E-state index is 9.33. The number of rotatable bonds is 6. The van der Waals surface area contributed by atoms with Gasteiger partial charge < -0.3 is 9.52 Å². The van der Waals surface area contributed by atoms with Gasteiger partial charge in [-0.3, -0.25) is 5.32 Å². The number of hydrogen-bond donors (Lipinski definition) is 2. The van der Waals surface area contributed by atoms with E-state index in [1.807, 2.05) is 54.6 Å². The van der Waals surface area contributed by atoms with Crippen LogP contribution in [0.3, 0.4) is 0 Å². The van der Waals surface area contributed by atoms with Gasteiger partial charge in [-0.05, 0) is 54.3 Å². The zero-order chi connectivity index (χ0) is 20.2. The molecule has 4 rings (SSSR count). The standard InChI is InChI=1S/C24H23N3O2/c1-16-21(19-7-4-3-5-8-19)9-6-10-22(16)24-27-26-23(29-24)20-13-11-18(12-14-20)15-25-17(2)28/h3-14,17,25,28H,15H2,1-2H3. The fourth-order valence-electron chi connectivity index (χ4n) is 3.28. The summed E-state index contributed by atoms with van der Waals surface area (Å²) in [5, 5.41) is 20.8. The molecule has 0 fully saturated rings. The number of aliphatic hydroxyl groups is 1. The molecule has 1 heterocycles. The van der Waals surface area contributed by atoms with E-state index in [1.165, 1.54) is 0 Å². The highest BCUT2D eigenvalue weighted by Gasteiger charge is 2.15. The second kappa shape index (κ2) is 8.39. The number of nitrogens with zero attached hydrogens (tertiary/aromatic N) is 2. The molecular formula is C24H23N3O2. The molecule has 1 atom stereocenters. The molecule has 2 N–H and O–H groups in total. The van der Waals surface area contributed by atoms with Crippen LogP contribution in [-0.2, 0) is 6.54 Å². The third-order valence-electron chi connectivity index (χ3n) is 4.88. The van der Waals surface area contributed by atoms with Gasteiger partial charge >= 0.3 is 0 Å². The Bertz CT molecular complexity index is 1090. The molecule has 4 aromatic rings. The van der Waals surface area contributed by atoms with Crippen LogP contribution in [0.1, 0.15) is 18.1 Å². The van der Waals surface area contributed by atoms with Gasteiger partial charge in [-0.15, -0.1) is 10.2 Å². The minimum atomic E-state index is -0.539. The van der Waals surface area contributed by atoms with E-state index in [4.69, 9.17) is 4.42 Å². The first kappa shape index (κ1) is 19.1. The van der Waals surface area contributed by atoms with Crippen molar-refractivity contribution in [2.24, 2.45) is 0 Å². The van der Waals surface area contributed by atoms with Crippen molar-refractivity contribution < 1.29 is 9.52 Å². The summed E-state index contributed by atoms with van der Waals surface area (Å²) in [6, 6.07) is 24.3. The van der Waals surface area contributed by atoms with Crippen molar-refractivity contribution in [3.05, 3.63) is 83.9 Å². The van der Waals surface area contributed by atoms with E-state index in [2.05, 4.69) is 40.6 Å². The first-order valence-electron chi connectivity index (χ1n) is 9.61. The van der Waals surface area contributed by atoms with Gasteiger partial charge in [0.05, 0.1) is 0 Å². The van der Waals surface area contributed by atoms with E-state index in [0.717, 1.165) is 33.4 Å². The van der Waals surface area contributed by atoms with Crippen LogP contribution < -0.4 is 5.32 Å². The molecule has 3 aromatic carbocycles. The van der Waals surface area contributed by atoms with Crippen LogP contribution in [0.15, 0.2) is 77.2 Å². The predicted molar refractivity (Wildman–Crippen MR) is 114 cm³/mol. The molecule has 146 valence electrons. The van der Waals surface area contributed by atoms with Crippen molar-refractivity contribution in [2.45, 2.75) is 26.6 Å². The van der Waals surface area contributed by atoms with Crippen molar-refractivity contribution in [2.75, 3.05) is 0 Å². The number of hydrogen-bond acceptors (Lipinski definition) is 5. The number of nitrogens with one attached hydrogen (secondary N) is 1. The van der Waals surface area contributed by atoms with Crippen molar-refractivity contribution >= 4 is 0 Å². The lowest BCUT2D eigenvalue weighted by Crippen LogP contribution is -2.24. The summed E-state index contributed by atoms with van der Waals surface area (Å²) >= 11 is 0. The predicted octanol–water partition coefficient (Wildman–Crippen LogP) is 4.81. The molecule has 0 amide bonds. The van der Waals surface area contributed by atoms with Crippen molar-refractivity contribution in [1.29, 1.82) is 0 Å². The Hall–Kier alpha value is -3.28. The lowest BCUT2D eigenvalue weighted by molar-refractivity contribution is 0.155. The Balaban J connectivity index is 1.60. The van der Waals surface area contributed by atoms with Gasteiger partial charge in [0.25, 0.3) is 0 Å². The van der Waals surface area contributed by atoms with Crippen molar-refractivity contribution in [1.82, 2.24) is 15.5 Å². The summed E-state index contributed by atoms with van der Waals surface area (Å²) in [4.78, 5) is 0. The van der Waals surface area contributed by atoms with E-state index < -0.39 is 6.23 Å². The Kier molecular flexibility index (Phi) is 5.51. The summed E-state index contributed by atoms with van der Waals surface area (Å²) in [7, 11) is 0. The van der Waals surface area contributed by atoms with Crippen LogP contribution in [0, 0.1) is 6.92 Å². The molecule has 5 heteroatoms. The Morgan fingerprint density at radius 2 is 1.52 bits per heavy atom. The molecule has 0 saturated heterocycles. The molecular weight excluding hydrogens is 362 g/mol. The normalized spacial score (nSPS) is 12.1. The molecule has 0 spiro atoms. The quantitative estimate of drug-likeness (QED) is 0.466. The highest BCUT2D eigenvalue weighted by atomic mass is 16.4. The van der Waals surface area contributed by atoms with Crippen LogP contribution in [0.4, 0.5) is 0 Å². The first-order valence-corrected chi connectivity index (χ1v) is 9.61. The topological polar surface area (TPSA) is 71.2 Å². The molecule has 29 heavy (non-hydrogen) atoms. The van der Waals surface area contributed by atoms with E-state index in [1.54, 1.807) is 6.92 Å². The maximum absolute atomic E-state index is 9.33. The largest absolute Gasteiger partial charge is 0.416 e. The lowest BCUT2D eigenvalue weighted by Gasteiger charge is -2.09. The summed E-state index contributed by atoms with van der Waals surface area (Å²) in [5.74, 6) is 0.995. The van der Waals surface area contributed by atoms with Crippen molar-refractivity contribution in [3.8, 4) is 34.0 Å². The van der Waals surface area contributed by atoms with E-state index in [9.17, 15) is 5.11 Å². The monoisotopic (exact) mass is 385 g/mol. The van der Waals surface area contributed by atoms with Crippen LogP contribution in [0.5, 0.6) is 0 Å². The highest BCUT2D eigenvalue weighted by molar-refractivity contribution is 5.75. The number of aliphatic hydroxyl groups excluding tert-OH is 1. The first-order chi connectivity index (χ1) is 14.1. The summed E-state index contributed by atoms with van der Waals surface area (Å²) in [5.41, 5.74) is 6.28. The number of aromatic nitrogens is 2. The third-order valence-corrected chi connectivity index (χ3v) is 4.88. The highest BCUT2D eigenvalue weighted by Crippen LogP contribution is 2.32. The molecule has 0 aliphatic carbocycles. The van der Waals surface area contributed by atoms with E-state index in [-0.39, 0.29) is 0 Å². The zero-order valence-corrected chi connectivity index (χ0v) is 16.5. The average Bonchev–Trinajstić information content (AvgIpc) is 3.23. The Morgan fingerprint density at radius 3 is 2.24 bits per heavy atom. The molecule has 1 aromatic heterocycles. The maximum Gasteiger partial charge on any atom is 0.248 e. The molecule has 1 unspecified atom stereocenters. The second-order valence-electron chi connectivity index (χ2n) is 7.01. The van der Waals surface area contributed by atoms with Crippen LogP contribution in [-0.4, -0.2) is 21.5 Å². The Morgan fingerprint density at radius 1 is 0.828 bits per heavy atom. The summed E-state index contributed by atoms with van der Waals surface area (Å²) < 4.78 is 5.99. The third kappa shape index (κ3) is 4.26. The molecule has 0 aliphatic rings. The SMILES string of the molecule is Cc1c(-c2ccccc2)cccc1-c1nnc(-c2ccc(CNC(C)O)cc2)o1. The molecule has 0 saturated carbocycles. The van der Waals surface area contributed by atoms with Crippen LogP contribution >= 0.6 is 0 Å². The van der Waals surface area contributed by atoms with Gasteiger partial charge in [-0.1, -0.05) is 54.6 Å². The zero-order valence-electron chi connectivity index (χ0n) is 16.5. The summed E-state index contributed by atoms with van der Waals surface area (Å²) in [6.07, 6.45) is -0.539. The van der Waals surface area contributed by atoms with Gasteiger partial charge in [0.1, 0.15) is 6.23 Å². The summed E-state index contributed by atoms with van der Waals surface area (Å²) in [6.45, 7) is 4.37.